The molecule has 1 aromatic carbocycles. The van der Waals surface area contributed by atoms with E-state index in [2.05, 4.69) is 60.4 Å². The number of anilines is 1. The molecule has 2 nitrogen and oxygen atoms in total. The Morgan fingerprint density at radius 1 is 1.12 bits per heavy atom. The first-order valence-corrected chi connectivity index (χ1v) is 6.23. The van der Waals surface area contributed by atoms with Crippen LogP contribution in [0.3, 0.4) is 0 Å². The Hall–Kier alpha value is -1.70. The second-order valence-electron chi connectivity index (χ2n) is 4.75. The van der Waals surface area contributed by atoms with Crippen molar-refractivity contribution in [2.24, 2.45) is 5.92 Å². The SMILES string of the molecule is CC(C)CCNc1cccc(-n2cccc2)c1. The molecule has 0 amide bonds. The van der Waals surface area contributed by atoms with Crippen molar-refractivity contribution in [3.05, 3.63) is 48.8 Å². The normalized spacial score (nSPS) is 10.8. The van der Waals surface area contributed by atoms with Gasteiger partial charge in [-0.05, 0) is 42.7 Å². The molecule has 0 aliphatic heterocycles. The zero-order valence-corrected chi connectivity index (χ0v) is 10.6. The molecule has 0 saturated heterocycles. The quantitative estimate of drug-likeness (QED) is 0.820. The third kappa shape index (κ3) is 3.38. The van der Waals surface area contributed by atoms with Crippen LogP contribution in [0.2, 0.25) is 0 Å². The van der Waals surface area contributed by atoms with Gasteiger partial charge in [0.2, 0.25) is 0 Å². The molecule has 0 saturated carbocycles. The Balaban J connectivity index is 2.02. The van der Waals surface area contributed by atoms with Gasteiger partial charge in [-0.3, -0.25) is 0 Å². The van der Waals surface area contributed by atoms with E-state index >= 15 is 0 Å². The van der Waals surface area contributed by atoms with Gasteiger partial charge in [-0.25, -0.2) is 0 Å². The Bertz CT molecular complexity index is 444. The Kier molecular flexibility index (Phi) is 3.86. The molecule has 2 rings (SSSR count). The molecule has 0 aliphatic carbocycles. The lowest BCUT2D eigenvalue weighted by Gasteiger charge is -2.10. The van der Waals surface area contributed by atoms with Crippen LogP contribution in [0.1, 0.15) is 20.3 Å². The van der Waals surface area contributed by atoms with E-state index in [-0.39, 0.29) is 0 Å². The van der Waals surface area contributed by atoms with Crippen LogP contribution in [0.25, 0.3) is 5.69 Å². The first-order valence-electron chi connectivity index (χ1n) is 6.23. The fraction of sp³-hybridized carbons (Fsp3) is 0.333. The summed E-state index contributed by atoms with van der Waals surface area (Å²) in [5.74, 6) is 0.745. The summed E-state index contributed by atoms with van der Waals surface area (Å²) < 4.78 is 2.12. The van der Waals surface area contributed by atoms with Crippen molar-refractivity contribution in [2.75, 3.05) is 11.9 Å². The predicted molar refractivity (Wildman–Crippen MR) is 73.7 cm³/mol. The van der Waals surface area contributed by atoms with Crippen LogP contribution < -0.4 is 5.32 Å². The maximum atomic E-state index is 3.46. The number of nitrogens with one attached hydrogen (secondary N) is 1. The number of hydrogen-bond donors (Lipinski definition) is 1. The van der Waals surface area contributed by atoms with Crippen LogP contribution in [0.15, 0.2) is 48.8 Å². The first kappa shape index (κ1) is 11.8. The maximum Gasteiger partial charge on any atom is 0.0469 e. The van der Waals surface area contributed by atoms with Crippen molar-refractivity contribution in [2.45, 2.75) is 20.3 Å². The zero-order valence-electron chi connectivity index (χ0n) is 10.6. The summed E-state index contributed by atoms with van der Waals surface area (Å²) in [5.41, 5.74) is 2.39. The van der Waals surface area contributed by atoms with Crippen molar-refractivity contribution < 1.29 is 0 Å². The summed E-state index contributed by atoms with van der Waals surface area (Å²) in [6.45, 7) is 5.53. The van der Waals surface area contributed by atoms with Gasteiger partial charge in [0.05, 0.1) is 0 Å². The van der Waals surface area contributed by atoms with Crippen molar-refractivity contribution in [3.8, 4) is 5.69 Å². The molecule has 1 aromatic heterocycles. The van der Waals surface area contributed by atoms with E-state index in [1.807, 2.05) is 12.1 Å². The van der Waals surface area contributed by atoms with Crippen molar-refractivity contribution in [1.82, 2.24) is 4.57 Å². The average Bonchev–Trinajstić information content (AvgIpc) is 2.82. The van der Waals surface area contributed by atoms with Gasteiger partial charge in [-0.15, -0.1) is 0 Å². The molecule has 0 atom stereocenters. The second kappa shape index (κ2) is 5.58. The molecule has 0 bridgehead atoms. The molecule has 1 N–H and O–H groups in total. The molecule has 0 unspecified atom stereocenters. The fourth-order valence-electron chi connectivity index (χ4n) is 1.79. The number of rotatable bonds is 5. The summed E-state index contributed by atoms with van der Waals surface area (Å²) >= 11 is 0. The van der Waals surface area contributed by atoms with E-state index in [1.165, 1.54) is 17.8 Å². The lowest BCUT2D eigenvalue weighted by atomic mass is 10.1. The van der Waals surface area contributed by atoms with Crippen LogP contribution in [0.4, 0.5) is 5.69 Å². The Morgan fingerprint density at radius 2 is 1.88 bits per heavy atom. The van der Waals surface area contributed by atoms with Crippen LogP contribution in [-0.2, 0) is 0 Å². The standard InChI is InChI=1S/C15H20N2/c1-13(2)8-9-16-14-6-5-7-15(12-14)17-10-3-4-11-17/h3-7,10-13,16H,8-9H2,1-2H3. The van der Waals surface area contributed by atoms with Crippen LogP contribution >= 0.6 is 0 Å². The van der Waals surface area contributed by atoms with E-state index in [4.69, 9.17) is 0 Å². The Labute approximate surface area is 103 Å². The van der Waals surface area contributed by atoms with Gasteiger partial charge >= 0.3 is 0 Å². The molecule has 0 radical (unpaired) electrons. The smallest absolute Gasteiger partial charge is 0.0469 e. The molecule has 2 heteroatoms. The maximum absolute atomic E-state index is 3.46. The number of hydrogen-bond acceptors (Lipinski definition) is 1. The molecule has 0 fully saturated rings. The molecule has 90 valence electrons. The van der Waals surface area contributed by atoms with Gasteiger partial charge in [-0.2, -0.15) is 0 Å². The predicted octanol–water partition coefficient (Wildman–Crippen LogP) is 3.94. The van der Waals surface area contributed by atoms with E-state index in [1.54, 1.807) is 0 Å². The molecule has 2 aromatic rings. The monoisotopic (exact) mass is 228 g/mol. The molecular weight excluding hydrogens is 208 g/mol. The summed E-state index contributed by atoms with van der Waals surface area (Å²) in [6, 6.07) is 12.6. The van der Waals surface area contributed by atoms with Gasteiger partial charge in [0.1, 0.15) is 0 Å². The van der Waals surface area contributed by atoms with E-state index in [0.717, 1.165) is 12.5 Å². The third-order valence-electron chi connectivity index (χ3n) is 2.80. The summed E-state index contributed by atoms with van der Waals surface area (Å²) in [7, 11) is 0. The minimum Gasteiger partial charge on any atom is -0.385 e. The Morgan fingerprint density at radius 3 is 2.59 bits per heavy atom. The minimum absolute atomic E-state index is 0.745. The highest BCUT2D eigenvalue weighted by atomic mass is 14.9. The fourth-order valence-corrected chi connectivity index (χ4v) is 1.79. The lowest BCUT2D eigenvalue weighted by molar-refractivity contribution is 0.607. The van der Waals surface area contributed by atoms with Crippen molar-refractivity contribution in [3.63, 3.8) is 0 Å². The average molecular weight is 228 g/mol. The van der Waals surface area contributed by atoms with Gasteiger partial charge in [0, 0.05) is 30.3 Å². The molecule has 17 heavy (non-hydrogen) atoms. The summed E-state index contributed by atoms with van der Waals surface area (Å²) in [4.78, 5) is 0. The highest BCUT2D eigenvalue weighted by Crippen LogP contribution is 2.15. The molecule has 0 spiro atoms. The zero-order chi connectivity index (χ0) is 12.1. The third-order valence-corrected chi connectivity index (χ3v) is 2.80. The van der Waals surface area contributed by atoms with Crippen LogP contribution in [0.5, 0.6) is 0 Å². The molecular formula is C15H20N2. The number of benzene rings is 1. The number of aromatic nitrogens is 1. The summed E-state index contributed by atoms with van der Waals surface area (Å²) in [6.07, 6.45) is 5.33. The van der Waals surface area contributed by atoms with Crippen LogP contribution in [-0.4, -0.2) is 11.1 Å². The molecule has 0 aliphatic rings. The van der Waals surface area contributed by atoms with Crippen LogP contribution in [0, 0.1) is 5.92 Å². The highest BCUT2D eigenvalue weighted by Gasteiger charge is 1.98. The van der Waals surface area contributed by atoms with Gasteiger partial charge < -0.3 is 9.88 Å². The molecule has 1 heterocycles. The largest absolute Gasteiger partial charge is 0.385 e. The van der Waals surface area contributed by atoms with E-state index < -0.39 is 0 Å². The highest BCUT2D eigenvalue weighted by molar-refractivity contribution is 5.51. The first-order chi connectivity index (χ1) is 8.25. The number of nitrogens with zero attached hydrogens (tertiary/aromatic N) is 1. The van der Waals surface area contributed by atoms with Gasteiger partial charge in [-0.1, -0.05) is 19.9 Å². The van der Waals surface area contributed by atoms with Crippen molar-refractivity contribution in [1.29, 1.82) is 0 Å². The lowest BCUT2D eigenvalue weighted by Crippen LogP contribution is -2.05. The topological polar surface area (TPSA) is 17.0 Å². The van der Waals surface area contributed by atoms with Crippen molar-refractivity contribution >= 4 is 5.69 Å². The summed E-state index contributed by atoms with van der Waals surface area (Å²) in [5, 5.41) is 3.46. The van der Waals surface area contributed by atoms with Gasteiger partial charge in [0.25, 0.3) is 0 Å². The van der Waals surface area contributed by atoms with E-state index in [0.29, 0.717) is 0 Å². The van der Waals surface area contributed by atoms with E-state index in [9.17, 15) is 0 Å². The second-order valence-corrected chi connectivity index (χ2v) is 4.75. The van der Waals surface area contributed by atoms with Gasteiger partial charge in [0.15, 0.2) is 0 Å². The minimum atomic E-state index is 0.745.